The molecule has 0 aliphatic rings. The van der Waals surface area contributed by atoms with Crippen LogP contribution in [0, 0.1) is 6.92 Å². The summed E-state index contributed by atoms with van der Waals surface area (Å²) >= 11 is 2.55. The van der Waals surface area contributed by atoms with Crippen molar-refractivity contribution < 1.29 is 33.4 Å². The average molecular weight is 509 g/mol. The van der Waals surface area contributed by atoms with Gasteiger partial charge in [0.15, 0.2) is 0 Å². The number of hydrogen-bond acceptors (Lipinski definition) is 9. The fourth-order valence-corrected chi connectivity index (χ4v) is 4.84. The number of nitrogens with one attached hydrogen (secondary N) is 2. The van der Waals surface area contributed by atoms with Crippen LogP contribution in [0.3, 0.4) is 0 Å². The van der Waals surface area contributed by atoms with Gasteiger partial charge in [-0.1, -0.05) is 0 Å². The summed E-state index contributed by atoms with van der Waals surface area (Å²) in [5.41, 5.74) is 0.345. The SMILES string of the molecule is CCOC(=O)NC(=O)c1c(NC(=O)CCCSc2ccc(OC)cc2)sc(C(=O)OCC)c1C. The highest BCUT2D eigenvalue weighted by atomic mass is 32.2. The van der Waals surface area contributed by atoms with Crippen molar-refractivity contribution >= 4 is 52.0 Å². The van der Waals surface area contributed by atoms with Gasteiger partial charge in [-0.3, -0.25) is 14.9 Å². The lowest BCUT2D eigenvalue weighted by Gasteiger charge is -2.08. The first-order valence-corrected chi connectivity index (χ1v) is 12.5. The molecule has 1 aromatic heterocycles. The van der Waals surface area contributed by atoms with Crippen molar-refractivity contribution in [3.05, 3.63) is 40.3 Å². The molecule has 1 aromatic carbocycles. The van der Waals surface area contributed by atoms with Gasteiger partial charge in [-0.15, -0.1) is 23.1 Å². The van der Waals surface area contributed by atoms with E-state index in [0.717, 1.165) is 22.0 Å². The molecule has 0 atom stereocenters. The summed E-state index contributed by atoms with van der Waals surface area (Å²) in [7, 11) is 1.61. The molecule has 0 saturated carbocycles. The van der Waals surface area contributed by atoms with E-state index in [4.69, 9.17) is 14.2 Å². The van der Waals surface area contributed by atoms with Crippen LogP contribution in [0.2, 0.25) is 0 Å². The number of thioether (sulfide) groups is 1. The number of methoxy groups -OCH3 is 1. The van der Waals surface area contributed by atoms with E-state index in [9.17, 15) is 19.2 Å². The number of imide groups is 1. The van der Waals surface area contributed by atoms with Gasteiger partial charge < -0.3 is 19.5 Å². The highest BCUT2D eigenvalue weighted by Gasteiger charge is 2.27. The lowest BCUT2D eigenvalue weighted by atomic mass is 10.1. The first kappa shape index (κ1) is 27.2. The van der Waals surface area contributed by atoms with Crippen LogP contribution in [0.1, 0.15) is 52.3 Å². The van der Waals surface area contributed by atoms with Gasteiger partial charge in [-0.25, -0.2) is 9.59 Å². The smallest absolute Gasteiger partial charge is 0.414 e. The summed E-state index contributed by atoms with van der Waals surface area (Å²) in [6.45, 7) is 5.09. The first-order chi connectivity index (χ1) is 16.3. The molecule has 2 rings (SSSR count). The van der Waals surface area contributed by atoms with E-state index in [1.54, 1.807) is 39.6 Å². The van der Waals surface area contributed by atoms with E-state index in [0.29, 0.717) is 17.7 Å². The van der Waals surface area contributed by atoms with Crippen LogP contribution in [0.4, 0.5) is 9.80 Å². The van der Waals surface area contributed by atoms with E-state index in [-0.39, 0.29) is 41.0 Å². The Bertz CT molecular complexity index is 1020. The van der Waals surface area contributed by atoms with Gasteiger partial charge in [0, 0.05) is 11.3 Å². The van der Waals surface area contributed by atoms with Crippen LogP contribution in [0.5, 0.6) is 5.75 Å². The fraction of sp³-hybridized carbons (Fsp3) is 0.391. The monoisotopic (exact) mass is 508 g/mol. The van der Waals surface area contributed by atoms with Gasteiger partial charge in [0.2, 0.25) is 5.91 Å². The predicted octanol–water partition coefficient (Wildman–Crippen LogP) is 4.64. The first-order valence-electron chi connectivity index (χ1n) is 10.7. The molecule has 0 fully saturated rings. The van der Waals surface area contributed by atoms with E-state index in [1.165, 1.54) is 0 Å². The minimum Gasteiger partial charge on any atom is -0.497 e. The molecule has 0 aliphatic carbocycles. The second kappa shape index (κ2) is 13.6. The highest BCUT2D eigenvalue weighted by molar-refractivity contribution is 7.99. The number of esters is 1. The molecule has 184 valence electrons. The molecule has 0 bridgehead atoms. The van der Waals surface area contributed by atoms with Gasteiger partial charge in [0.1, 0.15) is 15.6 Å². The van der Waals surface area contributed by atoms with Gasteiger partial charge in [-0.2, -0.15) is 0 Å². The van der Waals surface area contributed by atoms with Crippen molar-refractivity contribution in [2.75, 3.05) is 31.4 Å². The fourth-order valence-electron chi connectivity index (χ4n) is 2.87. The summed E-state index contributed by atoms with van der Waals surface area (Å²) in [6, 6.07) is 7.64. The molecule has 0 saturated heterocycles. The number of benzene rings is 1. The number of alkyl carbamates (subject to hydrolysis) is 1. The van der Waals surface area contributed by atoms with Crippen LogP contribution in [-0.4, -0.2) is 50.0 Å². The maximum atomic E-state index is 12.7. The third-order valence-electron chi connectivity index (χ3n) is 4.45. The van der Waals surface area contributed by atoms with E-state index >= 15 is 0 Å². The zero-order valence-electron chi connectivity index (χ0n) is 19.5. The Morgan fingerprint density at radius 3 is 2.32 bits per heavy atom. The van der Waals surface area contributed by atoms with E-state index < -0.39 is 18.0 Å². The summed E-state index contributed by atoms with van der Waals surface area (Å²) < 4.78 is 14.9. The number of ether oxygens (including phenoxy) is 3. The van der Waals surface area contributed by atoms with Gasteiger partial charge in [-0.05, 0) is 62.8 Å². The van der Waals surface area contributed by atoms with Crippen molar-refractivity contribution in [3.63, 3.8) is 0 Å². The normalized spacial score (nSPS) is 10.4. The number of thiophene rings is 1. The molecule has 3 amide bonds. The van der Waals surface area contributed by atoms with Gasteiger partial charge in [0.05, 0.1) is 25.9 Å². The number of rotatable bonds is 11. The van der Waals surface area contributed by atoms with Crippen molar-refractivity contribution in [3.8, 4) is 5.75 Å². The molecule has 1 heterocycles. The Hall–Kier alpha value is -3.05. The lowest BCUT2D eigenvalue weighted by molar-refractivity contribution is -0.116. The molecule has 2 aromatic rings. The summed E-state index contributed by atoms with van der Waals surface area (Å²) in [5, 5.41) is 4.98. The standard InChI is InChI=1S/C23H28N2O7S2/c1-5-31-22(28)19-14(3)18(20(27)25-23(29)32-6-2)21(34-19)24-17(26)8-7-13-33-16-11-9-15(30-4)10-12-16/h9-12H,5-8,13H2,1-4H3,(H,24,26)(H,25,27,29). The second-order valence-corrected chi connectivity index (χ2v) is 9.02. The summed E-state index contributed by atoms with van der Waals surface area (Å²) in [5.74, 6) is -0.190. The van der Waals surface area contributed by atoms with Crippen LogP contribution in [-0.2, 0) is 14.3 Å². The minimum atomic E-state index is -0.913. The molecule has 0 spiro atoms. The van der Waals surface area contributed by atoms with Crippen LogP contribution in [0.25, 0.3) is 0 Å². The number of anilines is 1. The van der Waals surface area contributed by atoms with E-state index in [1.807, 2.05) is 24.3 Å². The van der Waals surface area contributed by atoms with Crippen molar-refractivity contribution in [1.82, 2.24) is 5.32 Å². The Morgan fingerprint density at radius 2 is 1.71 bits per heavy atom. The quantitative estimate of drug-likeness (QED) is 0.256. The number of carbonyl (C=O) groups excluding carboxylic acids is 4. The minimum absolute atomic E-state index is 0.0297. The predicted molar refractivity (Wildman–Crippen MR) is 131 cm³/mol. The van der Waals surface area contributed by atoms with Crippen molar-refractivity contribution in [2.45, 2.75) is 38.5 Å². The molecule has 9 nitrogen and oxygen atoms in total. The van der Waals surface area contributed by atoms with E-state index in [2.05, 4.69) is 10.6 Å². The van der Waals surface area contributed by atoms with Crippen LogP contribution < -0.4 is 15.4 Å². The Kier molecular flexibility index (Phi) is 10.9. The topological polar surface area (TPSA) is 120 Å². The lowest BCUT2D eigenvalue weighted by Crippen LogP contribution is -2.32. The molecular formula is C23H28N2O7S2. The average Bonchev–Trinajstić information content (AvgIpc) is 3.13. The molecule has 2 N–H and O–H groups in total. The summed E-state index contributed by atoms with van der Waals surface area (Å²) in [6.07, 6.45) is -0.0981. The Morgan fingerprint density at radius 1 is 1.03 bits per heavy atom. The largest absolute Gasteiger partial charge is 0.497 e. The summed E-state index contributed by atoms with van der Waals surface area (Å²) in [4.78, 5) is 50.5. The van der Waals surface area contributed by atoms with Gasteiger partial charge >= 0.3 is 12.1 Å². The maximum absolute atomic E-state index is 12.7. The third-order valence-corrected chi connectivity index (χ3v) is 6.74. The number of amides is 3. The molecule has 11 heteroatoms. The maximum Gasteiger partial charge on any atom is 0.414 e. The zero-order chi connectivity index (χ0) is 25.1. The van der Waals surface area contributed by atoms with Gasteiger partial charge in [0.25, 0.3) is 5.91 Å². The number of carbonyl (C=O) groups is 4. The van der Waals surface area contributed by atoms with Crippen LogP contribution in [0.15, 0.2) is 29.2 Å². The molecule has 34 heavy (non-hydrogen) atoms. The Balaban J connectivity index is 2.05. The molecule has 0 unspecified atom stereocenters. The van der Waals surface area contributed by atoms with Crippen molar-refractivity contribution in [1.29, 1.82) is 0 Å². The molecular weight excluding hydrogens is 480 g/mol. The Labute approximate surface area is 206 Å². The van der Waals surface area contributed by atoms with Crippen molar-refractivity contribution in [2.24, 2.45) is 0 Å². The molecule has 0 radical (unpaired) electrons. The highest BCUT2D eigenvalue weighted by Crippen LogP contribution is 2.34. The molecule has 0 aliphatic heterocycles. The third kappa shape index (κ3) is 7.77. The second-order valence-electron chi connectivity index (χ2n) is 6.83. The number of hydrogen-bond donors (Lipinski definition) is 2. The zero-order valence-corrected chi connectivity index (χ0v) is 21.2. The van der Waals surface area contributed by atoms with Crippen LogP contribution >= 0.6 is 23.1 Å².